The monoisotopic (exact) mass is 398 g/mol. The molecule has 0 radical (unpaired) electrons. The molecular formula is C21H22N2O2S2. The topological polar surface area (TPSA) is 42.4 Å². The Morgan fingerprint density at radius 2 is 1.93 bits per heavy atom. The second-order valence-corrected chi connectivity index (χ2v) is 7.79. The Morgan fingerprint density at radius 3 is 2.59 bits per heavy atom. The van der Waals surface area contributed by atoms with Gasteiger partial charge in [0, 0.05) is 23.0 Å². The highest BCUT2D eigenvalue weighted by atomic mass is 32.2. The second-order valence-electron chi connectivity index (χ2n) is 5.94. The highest BCUT2D eigenvalue weighted by molar-refractivity contribution is 7.98. The number of thioether (sulfide) groups is 1. The van der Waals surface area contributed by atoms with Crippen LogP contribution in [0.25, 0.3) is 0 Å². The van der Waals surface area contributed by atoms with E-state index in [2.05, 4.69) is 24.0 Å². The lowest BCUT2D eigenvalue weighted by Crippen LogP contribution is -2.22. The number of hydrogen-bond acceptors (Lipinski definition) is 5. The highest BCUT2D eigenvalue weighted by Crippen LogP contribution is 2.34. The van der Waals surface area contributed by atoms with Crippen molar-refractivity contribution < 1.29 is 9.53 Å². The molecule has 0 bridgehead atoms. The van der Waals surface area contributed by atoms with E-state index in [0.717, 1.165) is 34.2 Å². The number of anilines is 2. The van der Waals surface area contributed by atoms with Gasteiger partial charge in [-0.15, -0.1) is 23.1 Å². The lowest BCUT2D eigenvalue weighted by molar-refractivity contribution is -0.115. The Morgan fingerprint density at radius 1 is 1.19 bits per heavy atom. The predicted octanol–water partition coefficient (Wildman–Crippen LogP) is 5.69. The smallest absolute Gasteiger partial charge is 0.230 e. The van der Waals surface area contributed by atoms with Gasteiger partial charge in [0.25, 0.3) is 0 Å². The third-order valence-electron chi connectivity index (χ3n) is 4.09. The maximum atomic E-state index is 12.2. The fourth-order valence-corrected chi connectivity index (χ4v) is 4.57. The van der Waals surface area contributed by atoms with Gasteiger partial charge in [0.15, 0.2) is 5.13 Å². The minimum absolute atomic E-state index is 0.0440. The van der Waals surface area contributed by atoms with Gasteiger partial charge in [-0.3, -0.25) is 9.69 Å². The van der Waals surface area contributed by atoms with E-state index in [9.17, 15) is 4.79 Å². The largest absolute Gasteiger partial charge is 0.496 e. The summed E-state index contributed by atoms with van der Waals surface area (Å²) in [5, 5.41) is 2.70. The van der Waals surface area contributed by atoms with Crippen LogP contribution in [0.1, 0.15) is 25.1 Å². The van der Waals surface area contributed by atoms with Gasteiger partial charge in [0.1, 0.15) is 5.75 Å². The molecule has 0 saturated carbocycles. The molecule has 0 saturated heterocycles. The maximum Gasteiger partial charge on any atom is 0.230 e. The van der Waals surface area contributed by atoms with Crippen molar-refractivity contribution in [3.05, 3.63) is 65.2 Å². The summed E-state index contributed by atoms with van der Waals surface area (Å²) >= 11 is 3.16. The third-order valence-corrected chi connectivity index (χ3v) is 6.06. The Balaban J connectivity index is 1.76. The number of carbonyl (C=O) groups excluding carboxylic acids is 1. The molecule has 0 aliphatic carbocycles. The molecule has 1 heterocycles. The fraction of sp³-hybridized carbons (Fsp3) is 0.238. The standard InChI is InChI=1S/C21H22N2O2S2/c1-4-16-9-11-18(12-10-16)23(15(2)24)21-22-17(14-27-21)13-26-20-8-6-5-7-19(20)25-3/h5-12,14H,4,13H2,1-3H3. The molecule has 0 N–H and O–H groups in total. The number of amides is 1. The summed E-state index contributed by atoms with van der Waals surface area (Å²) in [4.78, 5) is 19.7. The molecule has 0 atom stereocenters. The third kappa shape index (κ3) is 4.70. The number of nitrogens with zero attached hydrogens (tertiary/aromatic N) is 2. The van der Waals surface area contributed by atoms with Gasteiger partial charge in [-0.2, -0.15) is 0 Å². The molecule has 0 aliphatic rings. The van der Waals surface area contributed by atoms with Crippen LogP contribution in [-0.2, 0) is 17.0 Å². The van der Waals surface area contributed by atoms with Crippen molar-refractivity contribution in [1.82, 2.24) is 4.98 Å². The van der Waals surface area contributed by atoms with Gasteiger partial charge in [0.2, 0.25) is 5.91 Å². The molecule has 3 rings (SSSR count). The number of thiazole rings is 1. The van der Waals surface area contributed by atoms with Crippen LogP contribution >= 0.6 is 23.1 Å². The Kier molecular flexibility index (Phi) is 6.53. The first kappa shape index (κ1) is 19.5. The molecule has 4 nitrogen and oxygen atoms in total. The van der Waals surface area contributed by atoms with Crippen molar-refractivity contribution in [2.45, 2.75) is 30.9 Å². The molecule has 0 aliphatic heterocycles. The Bertz CT molecular complexity index is 907. The number of para-hydroxylation sites is 1. The van der Waals surface area contributed by atoms with Crippen LogP contribution < -0.4 is 9.64 Å². The molecule has 27 heavy (non-hydrogen) atoms. The summed E-state index contributed by atoms with van der Waals surface area (Å²) in [6.07, 6.45) is 0.974. The van der Waals surface area contributed by atoms with Crippen molar-refractivity contribution in [3.63, 3.8) is 0 Å². The van der Waals surface area contributed by atoms with E-state index in [1.807, 2.05) is 41.8 Å². The summed E-state index contributed by atoms with van der Waals surface area (Å²) < 4.78 is 5.39. The predicted molar refractivity (Wildman–Crippen MR) is 113 cm³/mol. The number of benzene rings is 2. The van der Waals surface area contributed by atoms with Gasteiger partial charge in [-0.1, -0.05) is 31.2 Å². The van der Waals surface area contributed by atoms with Gasteiger partial charge in [-0.25, -0.2) is 4.98 Å². The lowest BCUT2D eigenvalue weighted by atomic mass is 10.1. The zero-order valence-corrected chi connectivity index (χ0v) is 17.3. The van der Waals surface area contributed by atoms with Crippen LogP contribution in [0, 0.1) is 0 Å². The van der Waals surface area contributed by atoms with Crippen LogP contribution in [0.4, 0.5) is 10.8 Å². The summed E-state index contributed by atoms with van der Waals surface area (Å²) in [7, 11) is 1.68. The summed E-state index contributed by atoms with van der Waals surface area (Å²) in [6.45, 7) is 3.68. The number of rotatable bonds is 7. The Hall–Kier alpha value is -2.31. The van der Waals surface area contributed by atoms with E-state index in [1.54, 1.807) is 30.7 Å². The molecule has 0 spiro atoms. The maximum absolute atomic E-state index is 12.2. The molecule has 2 aromatic carbocycles. The normalized spacial score (nSPS) is 10.6. The van der Waals surface area contributed by atoms with E-state index in [-0.39, 0.29) is 5.91 Å². The van der Waals surface area contributed by atoms with Crippen LogP contribution in [0.15, 0.2) is 58.8 Å². The molecule has 3 aromatic rings. The SMILES string of the molecule is CCc1ccc(N(C(C)=O)c2nc(CSc3ccccc3OC)cs2)cc1. The van der Waals surface area contributed by atoms with E-state index >= 15 is 0 Å². The first-order chi connectivity index (χ1) is 13.1. The van der Waals surface area contributed by atoms with Crippen molar-refractivity contribution in [2.24, 2.45) is 0 Å². The second kappa shape index (κ2) is 9.06. The van der Waals surface area contributed by atoms with Crippen LogP contribution in [0.2, 0.25) is 0 Å². The number of ether oxygens (including phenoxy) is 1. The lowest BCUT2D eigenvalue weighted by Gasteiger charge is -2.18. The molecule has 1 aromatic heterocycles. The van der Waals surface area contributed by atoms with E-state index in [0.29, 0.717) is 5.13 Å². The van der Waals surface area contributed by atoms with Crippen molar-refractivity contribution >= 4 is 39.8 Å². The van der Waals surface area contributed by atoms with Crippen molar-refractivity contribution in [2.75, 3.05) is 12.0 Å². The molecule has 0 unspecified atom stereocenters. The van der Waals surface area contributed by atoms with Gasteiger partial charge in [-0.05, 0) is 36.2 Å². The highest BCUT2D eigenvalue weighted by Gasteiger charge is 2.18. The van der Waals surface area contributed by atoms with Crippen LogP contribution in [0.3, 0.4) is 0 Å². The quantitative estimate of drug-likeness (QED) is 0.479. The number of carbonyl (C=O) groups is 1. The van der Waals surface area contributed by atoms with Crippen molar-refractivity contribution in [3.8, 4) is 5.75 Å². The number of hydrogen-bond donors (Lipinski definition) is 0. The van der Waals surface area contributed by atoms with E-state index in [4.69, 9.17) is 4.74 Å². The van der Waals surface area contributed by atoms with Crippen LogP contribution in [0.5, 0.6) is 5.75 Å². The zero-order valence-electron chi connectivity index (χ0n) is 15.6. The van der Waals surface area contributed by atoms with Gasteiger partial charge >= 0.3 is 0 Å². The molecular weight excluding hydrogens is 376 g/mol. The summed E-state index contributed by atoms with van der Waals surface area (Å²) in [6, 6.07) is 16.0. The zero-order chi connectivity index (χ0) is 19.2. The van der Waals surface area contributed by atoms with E-state index < -0.39 is 0 Å². The number of aromatic nitrogens is 1. The molecule has 1 amide bonds. The van der Waals surface area contributed by atoms with Gasteiger partial charge < -0.3 is 4.74 Å². The summed E-state index contributed by atoms with van der Waals surface area (Å²) in [5.74, 6) is 1.54. The van der Waals surface area contributed by atoms with E-state index in [1.165, 1.54) is 16.9 Å². The number of aryl methyl sites for hydroxylation is 1. The molecule has 6 heteroatoms. The van der Waals surface area contributed by atoms with Crippen molar-refractivity contribution in [1.29, 1.82) is 0 Å². The fourth-order valence-electron chi connectivity index (χ4n) is 2.66. The Labute approximate surface area is 168 Å². The first-order valence-corrected chi connectivity index (χ1v) is 10.6. The first-order valence-electron chi connectivity index (χ1n) is 8.72. The average molecular weight is 399 g/mol. The minimum Gasteiger partial charge on any atom is -0.496 e. The number of methoxy groups -OCH3 is 1. The van der Waals surface area contributed by atoms with Gasteiger partial charge in [0.05, 0.1) is 18.5 Å². The van der Waals surface area contributed by atoms with Crippen LogP contribution in [-0.4, -0.2) is 18.0 Å². The minimum atomic E-state index is -0.0440. The summed E-state index contributed by atoms with van der Waals surface area (Å²) in [5.41, 5.74) is 3.04. The average Bonchev–Trinajstić information content (AvgIpc) is 3.15. The molecule has 140 valence electrons. The molecule has 0 fully saturated rings.